The van der Waals surface area contributed by atoms with E-state index in [2.05, 4.69) is 0 Å². The first-order valence-corrected chi connectivity index (χ1v) is 9.54. The van der Waals surface area contributed by atoms with Gasteiger partial charge in [-0.05, 0) is 35.2 Å². The summed E-state index contributed by atoms with van der Waals surface area (Å²) in [5.41, 5.74) is 2.61. The molecule has 0 fully saturated rings. The van der Waals surface area contributed by atoms with Gasteiger partial charge in [-0.2, -0.15) is 0 Å². The number of esters is 1. The standard InChI is InChI=1S/C25H20O4/c1-2-17-15-23(26)29-22-16-20(13-14-21(17)22)28-25(27)24(18-9-5-3-6-10-18)19-11-7-4-8-12-19/h3-16,24H,2H2,1H3. The number of hydrogen-bond donors (Lipinski definition) is 0. The molecule has 0 spiro atoms. The average molecular weight is 384 g/mol. The smallest absolute Gasteiger partial charge is 0.336 e. The fourth-order valence-electron chi connectivity index (χ4n) is 3.50. The van der Waals surface area contributed by atoms with Crippen LogP contribution in [0.15, 0.2) is 94.1 Å². The molecule has 4 rings (SSSR count). The van der Waals surface area contributed by atoms with Crippen LogP contribution in [0.3, 0.4) is 0 Å². The van der Waals surface area contributed by atoms with Gasteiger partial charge in [0, 0.05) is 17.5 Å². The molecule has 3 aromatic carbocycles. The molecule has 0 amide bonds. The molecule has 0 N–H and O–H groups in total. The summed E-state index contributed by atoms with van der Waals surface area (Å²) in [6.45, 7) is 1.98. The lowest BCUT2D eigenvalue weighted by molar-refractivity contribution is -0.135. The average Bonchev–Trinajstić information content (AvgIpc) is 2.74. The molecule has 0 saturated heterocycles. The zero-order valence-electron chi connectivity index (χ0n) is 16.0. The molecule has 1 aromatic heterocycles. The number of carbonyl (C=O) groups is 1. The topological polar surface area (TPSA) is 56.5 Å². The van der Waals surface area contributed by atoms with Crippen LogP contribution in [0.25, 0.3) is 11.0 Å². The zero-order chi connectivity index (χ0) is 20.2. The molecule has 29 heavy (non-hydrogen) atoms. The van der Waals surface area contributed by atoms with Gasteiger partial charge in [-0.1, -0.05) is 67.6 Å². The van der Waals surface area contributed by atoms with Crippen molar-refractivity contribution in [3.63, 3.8) is 0 Å². The van der Waals surface area contributed by atoms with E-state index in [4.69, 9.17) is 9.15 Å². The van der Waals surface area contributed by atoms with E-state index >= 15 is 0 Å². The summed E-state index contributed by atoms with van der Waals surface area (Å²) in [5, 5.41) is 0.842. The molecule has 0 bridgehead atoms. The van der Waals surface area contributed by atoms with Gasteiger partial charge in [0.05, 0.1) is 0 Å². The van der Waals surface area contributed by atoms with Crippen LogP contribution in [0.5, 0.6) is 5.75 Å². The van der Waals surface area contributed by atoms with Crippen LogP contribution in [-0.4, -0.2) is 5.97 Å². The minimum atomic E-state index is -0.554. The number of benzene rings is 3. The van der Waals surface area contributed by atoms with Crippen LogP contribution in [0.1, 0.15) is 29.5 Å². The highest BCUT2D eigenvalue weighted by atomic mass is 16.5. The third kappa shape index (κ3) is 3.97. The van der Waals surface area contributed by atoms with Crippen LogP contribution in [0.2, 0.25) is 0 Å². The van der Waals surface area contributed by atoms with E-state index in [9.17, 15) is 9.59 Å². The quantitative estimate of drug-likeness (QED) is 0.273. The number of carbonyl (C=O) groups excluding carboxylic acids is 1. The van der Waals surface area contributed by atoms with E-state index < -0.39 is 17.5 Å². The van der Waals surface area contributed by atoms with Crippen molar-refractivity contribution in [2.24, 2.45) is 0 Å². The lowest BCUT2D eigenvalue weighted by Gasteiger charge is -2.17. The Hall–Kier alpha value is -3.66. The highest BCUT2D eigenvalue weighted by Gasteiger charge is 2.25. The van der Waals surface area contributed by atoms with Gasteiger partial charge in [-0.25, -0.2) is 4.79 Å². The van der Waals surface area contributed by atoms with Crippen molar-refractivity contribution in [3.05, 3.63) is 112 Å². The maximum Gasteiger partial charge on any atom is 0.336 e. The largest absolute Gasteiger partial charge is 0.426 e. The third-order valence-electron chi connectivity index (χ3n) is 4.90. The van der Waals surface area contributed by atoms with Crippen molar-refractivity contribution in [1.29, 1.82) is 0 Å². The number of aryl methyl sites for hydroxylation is 1. The second-order valence-electron chi connectivity index (χ2n) is 6.78. The molecule has 1 heterocycles. The Morgan fingerprint density at radius 1 is 0.897 bits per heavy atom. The molecule has 0 radical (unpaired) electrons. The number of rotatable bonds is 5. The van der Waals surface area contributed by atoms with Gasteiger partial charge in [-0.3, -0.25) is 4.79 Å². The fourth-order valence-corrected chi connectivity index (χ4v) is 3.50. The van der Waals surface area contributed by atoms with Crippen molar-refractivity contribution in [2.75, 3.05) is 0 Å². The Bertz CT molecular complexity index is 1150. The van der Waals surface area contributed by atoms with Crippen molar-refractivity contribution in [3.8, 4) is 5.75 Å². The molecule has 0 saturated carbocycles. The predicted molar refractivity (Wildman–Crippen MR) is 112 cm³/mol. The SMILES string of the molecule is CCc1cc(=O)oc2cc(OC(=O)C(c3ccccc3)c3ccccc3)ccc12. The summed E-state index contributed by atoms with van der Waals surface area (Å²) < 4.78 is 11.0. The van der Waals surface area contributed by atoms with Crippen LogP contribution in [0, 0.1) is 0 Å². The Kier molecular flexibility index (Phi) is 5.25. The minimum absolute atomic E-state index is 0.343. The lowest BCUT2D eigenvalue weighted by Crippen LogP contribution is -2.20. The molecule has 0 aliphatic heterocycles. The van der Waals surface area contributed by atoms with Gasteiger partial charge in [0.15, 0.2) is 0 Å². The second-order valence-corrected chi connectivity index (χ2v) is 6.78. The molecule has 0 atom stereocenters. The lowest BCUT2D eigenvalue weighted by atomic mass is 9.91. The van der Waals surface area contributed by atoms with E-state index in [1.165, 1.54) is 6.07 Å². The van der Waals surface area contributed by atoms with Gasteiger partial charge >= 0.3 is 11.6 Å². The molecule has 4 nitrogen and oxygen atoms in total. The minimum Gasteiger partial charge on any atom is -0.426 e. The van der Waals surface area contributed by atoms with Crippen LogP contribution >= 0.6 is 0 Å². The molecule has 0 aliphatic carbocycles. The first kappa shape index (κ1) is 18.7. The molecule has 144 valence electrons. The van der Waals surface area contributed by atoms with E-state index in [1.807, 2.05) is 73.7 Å². The van der Waals surface area contributed by atoms with Gasteiger partial charge in [-0.15, -0.1) is 0 Å². The van der Waals surface area contributed by atoms with Crippen molar-refractivity contribution in [1.82, 2.24) is 0 Å². The number of hydrogen-bond acceptors (Lipinski definition) is 4. The Balaban J connectivity index is 1.70. The summed E-state index contributed by atoms with van der Waals surface area (Å²) in [5.74, 6) is -0.603. The Morgan fingerprint density at radius 2 is 1.52 bits per heavy atom. The van der Waals surface area contributed by atoms with Crippen LogP contribution in [-0.2, 0) is 11.2 Å². The summed E-state index contributed by atoms with van der Waals surface area (Å²) in [4.78, 5) is 24.9. The molecule has 4 aromatic rings. The predicted octanol–water partition coefficient (Wildman–Crippen LogP) is 5.09. The summed E-state index contributed by atoms with van der Waals surface area (Å²) >= 11 is 0. The van der Waals surface area contributed by atoms with Gasteiger partial charge in [0.25, 0.3) is 0 Å². The molecular formula is C25H20O4. The second kappa shape index (κ2) is 8.15. The summed E-state index contributed by atoms with van der Waals surface area (Å²) in [6, 6.07) is 25.7. The zero-order valence-corrected chi connectivity index (χ0v) is 16.0. The summed E-state index contributed by atoms with van der Waals surface area (Å²) in [6.07, 6.45) is 0.714. The molecule has 4 heteroatoms. The van der Waals surface area contributed by atoms with E-state index in [0.29, 0.717) is 17.8 Å². The monoisotopic (exact) mass is 384 g/mol. The number of fused-ring (bicyclic) bond motifs is 1. The number of ether oxygens (including phenoxy) is 1. The molecule has 0 aliphatic rings. The van der Waals surface area contributed by atoms with Gasteiger partial charge < -0.3 is 9.15 Å². The summed E-state index contributed by atoms with van der Waals surface area (Å²) in [7, 11) is 0. The van der Waals surface area contributed by atoms with E-state index in [1.54, 1.807) is 12.1 Å². The normalized spacial score (nSPS) is 11.0. The Labute approximate surface area is 168 Å². The van der Waals surface area contributed by atoms with E-state index in [-0.39, 0.29) is 0 Å². The van der Waals surface area contributed by atoms with Crippen LogP contribution < -0.4 is 10.4 Å². The molecule has 0 unspecified atom stereocenters. The van der Waals surface area contributed by atoms with Gasteiger partial charge in [0.2, 0.25) is 0 Å². The highest BCUT2D eigenvalue weighted by Crippen LogP contribution is 2.28. The fraction of sp³-hybridized carbons (Fsp3) is 0.120. The van der Waals surface area contributed by atoms with Crippen LogP contribution in [0.4, 0.5) is 0 Å². The highest BCUT2D eigenvalue weighted by molar-refractivity contribution is 5.86. The Morgan fingerprint density at radius 3 is 2.10 bits per heavy atom. The first-order chi connectivity index (χ1) is 14.2. The van der Waals surface area contributed by atoms with E-state index in [0.717, 1.165) is 22.1 Å². The van der Waals surface area contributed by atoms with Gasteiger partial charge in [0.1, 0.15) is 17.3 Å². The van der Waals surface area contributed by atoms with Crippen molar-refractivity contribution >= 4 is 16.9 Å². The maximum atomic E-state index is 13.1. The third-order valence-corrected chi connectivity index (χ3v) is 4.90. The first-order valence-electron chi connectivity index (χ1n) is 9.54. The maximum absolute atomic E-state index is 13.1. The van der Waals surface area contributed by atoms with Crippen molar-refractivity contribution in [2.45, 2.75) is 19.3 Å². The van der Waals surface area contributed by atoms with Crippen molar-refractivity contribution < 1.29 is 13.9 Å². The molecular weight excluding hydrogens is 364 g/mol.